The molecule has 3 aromatic rings. The normalized spacial score (nSPS) is 14.1. The topological polar surface area (TPSA) is 75.9 Å². The Morgan fingerprint density at radius 3 is 2.52 bits per heavy atom. The SMILES string of the molecule is Cc1cc(C)cc(Nc2ncc(F)c(-n3cc(C(=O)N4CCCCC4)cn3)n2)c1. The van der Waals surface area contributed by atoms with Gasteiger partial charge in [0.1, 0.15) is 0 Å². The zero-order chi connectivity index (χ0) is 20.4. The summed E-state index contributed by atoms with van der Waals surface area (Å²) >= 11 is 0. The van der Waals surface area contributed by atoms with Crippen molar-refractivity contribution < 1.29 is 9.18 Å². The molecule has 1 aliphatic rings. The quantitative estimate of drug-likeness (QED) is 0.729. The Morgan fingerprint density at radius 2 is 1.79 bits per heavy atom. The van der Waals surface area contributed by atoms with Crippen LogP contribution < -0.4 is 5.32 Å². The first-order valence-electron chi connectivity index (χ1n) is 9.72. The molecular formula is C21H23FN6O. The molecule has 0 aliphatic carbocycles. The number of amides is 1. The molecule has 29 heavy (non-hydrogen) atoms. The van der Waals surface area contributed by atoms with E-state index in [0.717, 1.165) is 55.4 Å². The highest BCUT2D eigenvalue weighted by Crippen LogP contribution is 2.20. The minimum absolute atomic E-state index is 0.00966. The molecule has 1 saturated heterocycles. The van der Waals surface area contributed by atoms with E-state index in [-0.39, 0.29) is 17.7 Å². The summed E-state index contributed by atoms with van der Waals surface area (Å²) in [5, 5.41) is 7.25. The smallest absolute Gasteiger partial charge is 0.257 e. The van der Waals surface area contributed by atoms with Crippen LogP contribution in [0.4, 0.5) is 16.0 Å². The second-order valence-corrected chi connectivity index (χ2v) is 7.39. The third-order valence-electron chi connectivity index (χ3n) is 4.89. The lowest BCUT2D eigenvalue weighted by Gasteiger charge is -2.26. The van der Waals surface area contributed by atoms with Gasteiger partial charge >= 0.3 is 0 Å². The van der Waals surface area contributed by atoms with Gasteiger partial charge in [-0.1, -0.05) is 6.07 Å². The Morgan fingerprint density at radius 1 is 1.07 bits per heavy atom. The maximum atomic E-state index is 14.4. The first-order valence-corrected chi connectivity index (χ1v) is 9.72. The van der Waals surface area contributed by atoms with E-state index >= 15 is 0 Å². The summed E-state index contributed by atoms with van der Waals surface area (Å²) in [6.45, 7) is 5.49. The number of anilines is 2. The number of nitrogens with zero attached hydrogens (tertiary/aromatic N) is 5. The first kappa shape index (κ1) is 19.0. The van der Waals surface area contributed by atoms with E-state index in [2.05, 4.69) is 26.4 Å². The zero-order valence-electron chi connectivity index (χ0n) is 16.5. The van der Waals surface area contributed by atoms with Gasteiger partial charge in [0, 0.05) is 25.0 Å². The minimum Gasteiger partial charge on any atom is -0.339 e. The summed E-state index contributed by atoms with van der Waals surface area (Å²) in [4.78, 5) is 22.7. The van der Waals surface area contributed by atoms with Crippen molar-refractivity contribution in [3.8, 4) is 5.82 Å². The maximum Gasteiger partial charge on any atom is 0.257 e. The van der Waals surface area contributed by atoms with Gasteiger partial charge in [0.25, 0.3) is 5.91 Å². The summed E-state index contributed by atoms with van der Waals surface area (Å²) < 4.78 is 15.7. The lowest BCUT2D eigenvalue weighted by atomic mass is 10.1. The van der Waals surface area contributed by atoms with Gasteiger partial charge in [-0.2, -0.15) is 10.1 Å². The molecule has 1 N–H and O–H groups in total. The van der Waals surface area contributed by atoms with E-state index in [9.17, 15) is 9.18 Å². The average molecular weight is 394 g/mol. The molecule has 0 spiro atoms. The molecule has 1 fully saturated rings. The van der Waals surface area contributed by atoms with Crippen molar-refractivity contribution in [1.29, 1.82) is 0 Å². The number of hydrogen-bond donors (Lipinski definition) is 1. The number of rotatable bonds is 4. The highest BCUT2D eigenvalue weighted by molar-refractivity contribution is 5.93. The van der Waals surface area contributed by atoms with Crippen LogP contribution in [0.2, 0.25) is 0 Å². The molecule has 0 radical (unpaired) electrons. The van der Waals surface area contributed by atoms with Gasteiger partial charge in [-0.25, -0.2) is 14.1 Å². The van der Waals surface area contributed by atoms with Crippen LogP contribution in [0.1, 0.15) is 40.7 Å². The standard InChI is InChI=1S/C21H23FN6O/c1-14-8-15(2)10-17(9-14)25-21-23-12-18(22)19(26-21)28-13-16(11-24-28)20(29)27-6-4-3-5-7-27/h8-13H,3-7H2,1-2H3,(H,23,25,26). The van der Waals surface area contributed by atoms with Crippen LogP contribution in [0.25, 0.3) is 5.82 Å². The number of likely N-dealkylation sites (tertiary alicyclic amines) is 1. The summed E-state index contributed by atoms with van der Waals surface area (Å²) in [5.74, 6) is -0.453. The van der Waals surface area contributed by atoms with Gasteiger partial charge in [0.15, 0.2) is 11.6 Å². The lowest BCUT2D eigenvalue weighted by molar-refractivity contribution is 0.0724. The molecular weight excluding hydrogens is 371 g/mol. The summed E-state index contributed by atoms with van der Waals surface area (Å²) in [5.41, 5.74) is 3.45. The number of carbonyl (C=O) groups excluding carboxylic acids is 1. The Balaban J connectivity index is 1.58. The molecule has 1 aliphatic heterocycles. The molecule has 0 atom stereocenters. The Kier molecular flexibility index (Phi) is 5.24. The van der Waals surface area contributed by atoms with Crippen LogP contribution in [-0.4, -0.2) is 43.6 Å². The molecule has 4 rings (SSSR count). The van der Waals surface area contributed by atoms with E-state index in [0.29, 0.717) is 5.56 Å². The molecule has 8 heteroatoms. The molecule has 0 bridgehead atoms. The molecule has 1 amide bonds. The Bertz CT molecular complexity index is 1020. The fourth-order valence-electron chi connectivity index (χ4n) is 3.58. The van der Waals surface area contributed by atoms with Crippen molar-refractivity contribution in [2.24, 2.45) is 0 Å². The summed E-state index contributed by atoms with van der Waals surface area (Å²) in [6.07, 6.45) is 7.23. The van der Waals surface area contributed by atoms with Gasteiger partial charge < -0.3 is 10.2 Å². The van der Waals surface area contributed by atoms with Crippen molar-refractivity contribution in [3.05, 3.63) is 59.3 Å². The molecule has 3 heterocycles. The fourth-order valence-corrected chi connectivity index (χ4v) is 3.58. The monoisotopic (exact) mass is 394 g/mol. The number of carbonyl (C=O) groups is 1. The van der Waals surface area contributed by atoms with E-state index in [1.54, 1.807) is 0 Å². The maximum absolute atomic E-state index is 14.4. The molecule has 1 aromatic carbocycles. The second kappa shape index (κ2) is 7.98. The Hall–Kier alpha value is -3.29. The van der Waals surface area contributed by atoms with E-state index in [1.807, 2.05) is 30.9 Å². The van der Waals surface area contributed by atoms with E-state index in [4.69, 9.17) is 0 Å². The number of benzene rings is 1. The largest absolute Gasteiger partial charge is 0.339 e. The number of aryl methyl sites for hydroxylation is 2. The second-order valence-electron chi connectivity index (χ2n) is 7.39. The van der Waals surface area contributed by atoms with Crippen molar-refractivity contribution in [3.63, 3.8) is 0 Å². The van der Waals surface area contributed by atoms with Crippen LogP contribution in [0.15, 0.2) is 36.8 Å². The fraction of sp³-hybridized carbons (Fsp3) is 0.333. The molecule has 7 nitrogen and oxygen atoms in total. The molecule has 0 unspecified atom stereocenters. The van der Waals surface area contributed by atoms with Crippen LogP contribution in [-0.2, 0) is 0 Å². The summed E-state index contributed by atoms with van der Waals surface area (Å²) in [7, 11) is 0. The number of nitrogens with one attached hydrogen (secondary N) is 1. The number of hydrogen-bond acceptors (Lipinski definition) is 5. The first-order chi connectivity index (χ1) is 14.0. The van der Waals surface area contributed by atoms with Crippen LogP contribution in [0.5, 0.6) is 0 Å². The third-order valence-corrected chi connectivity index (χ3v) is 4.89. The van der Waals surface area contributed by atoms with Crippen molar-refractivity contribution in [2.75, 3.05) is 18.4 Å². The van der Waals surface area contributed by atoms with Gasteiger partial charge in [-0.15, -0.1) is 0 Å². The average Bonchev–Trinajstić information content (AvgIpc) is 3.19. The van der Waals surface area contributed by atoms with Crippen molar-refractivity contribution in [1.82, 2.24) is 24.6 Å². The Labute approximate surface area is 168 Å². The number of halogens is 1. The molecule has 150 valence electrons. The van der Waals surface area contributed by atoms with Gasteiger partial charge in [0.05, 0.1) is 18.0 Å². The van der Waals surface area contributed by atoms with Gasteiger partial charge in [-0.05, 0) is 56.4 Å². The zero-order valence-corrected chi connectivity index (χ0v) is 16.5. The van der Waals surface area contributed by atoms with Gasteiger partial charge in [0.2, 0.25) is 5.95 Å². The van der Waals surface area contributed by atoms with Crippen LogP contribution >= 0.6 is 0 Å². The highest BCUT2D eigenvalue weighted by Gasteiger charge is 2.20. The highest BCUT2D eigenvalue weighted by atomic mass is 19.1. The number of aromatic nitrogens is 4. The molecule has 0 saturated carbocycles. The minimum atomic E-state index is -0.615. The lowest BCUT2D eigenvalue weighted by Crippen LogP contribution is -2.35. The van der Waals surface area contributed by atoms with E-state index in [1.165, 1.54) is 17.1 Å². The predicted molar refractivity (Wildman–Crippen MR) is 108 cm³/mol. The van der Waals surface area contributed by atoms with E-state index < -0.39 is 5.82 Å². The van der Waals surface area contributed by atoms with Crippen molar-refractivity contribution >= 4 is 17.5 Å². The van der Waals surface area contributed by atoms with Crippen LogP contribution in [0.3, 0.4) is 0 Å². The molecule has 2 aromatic heterocycles. The van der Waals surface area contributed by atoms with Crippen molar-refractivity contribution in [2.45, 2.75) is 33.1 Å². The summed E-state index contributed by atoms with van der Waals surface area (Å²) in [6, 6.07) is 5.98. The van der Waals surface area contributed by atoms with Gasteiger partial charge in [-0.3, -0.25) is 4.79 Å². The van der Waals surface area contributed by atoms with Crippen LogP contribution in [0, 0.1) is 19.7 Å². The predicted octanol–water partition coefficient (Wildman–Crippen LogP) is 3.79. The number of piperidine rings is 1. The third kappa shape index (κ3) is 4.26.